The quantitative estimate of drug-likeness (QED) is 0.556. The summed E-state index contributed by atoms with van der Waals surface area (Å²) in [5, 5.41) is 1.06. The summed E-state index contributed by atoms with van der Waals surface area (Å²) in [7, 11) is 0. The third kappa shape index (κ3) is 1.68. The molecule has 0 saturated heterocycles. The summed E-state index contributed by atoms with van der Waals surface area (Å²) >= 11 is 3.46. The number of halogens is 1. The lowest BCUT2D eigenvalue weighted by Gasteiger charge is -2.38. The molecule has 0 aromatic heterocycles. The van der Waals surface area contributed by atoms with Crippen LogP contribution < -0.4 is 0 Å². The molecule has 2 bridgehead atoms. The van der Waals surface area contributed by atoms with Gasteiger partial charge in [-0.1, -0.05) is 36.7 Å². The van der Waals surface area contributed by atoms with Crippen molar-refractivity contribution in [2.75, 3.05) is 11.9 Å². The van der Waals surface area contributed by atoms with E-state index in [1.54, 1.807) is 0 Å². The van der Waals surface area contributed by atoms with Crippen molar-refractivity contribution in [3.63, 3.8) is 0 Å². The van der Waals surface area contributed by atoms with E-state index >= 15 is 0 Å². The molecule has 2 heteroatoms. The minimum atomic E-state index is 0.435. The summed E-state index contributed by atoms with van der Waals surface area (Å²) in [6.07, 6.45) is 5.74. The van der Waals surface area contributed by atoms with E-state index in [1.807, 2.05) is 0 Å². The van der Waals surface area contributed by atoms with Crippen molar-refractivity contribution in [1.82, 2.24) is 0 Å². The van der Waals surface area contributed by atoms with Crippen LogP contribution in [0.2, 0.25) is 0 Å². The van der Waals surface area contributed by atoms with E-state index in [-0.39, 0.29) is 0 Å². The zero-order chi connectivity index (χ0) is 11.1. The molecule has 0 radical (unpaired) electrons. The summed E-state index contributed by atoms with van der Waals surface area (Å²) in [6, 6.07) is 0. The highest BCUT2D eigenvalue weighted by Crippen LogP contribution is 2.66. The molecular weight excluding hydrogens is 252 g/mol. The molecular formula is C13H23BrO. The monoisotopic (exact) mass is 274 g/mol. The number of ether oxygens (including phenoxy) is 1. The van der Waals surface area contributed by atoms with Crippen molar-refractivity contribution in [3.8, 4) is 0 Å². The second-order valence-corrected chi connectivity index (χ2v) is 6.81. The molecule has 2 fully saturated rings. The minimum Gasteiger partial charge on any atom is -0.378 e. The smallest absolute Gasteiger partial charge is 0.0636 e. The highest BCUT2D eigenvalue weighted by molar-refractivity contribution is 9.09. The second kappa shape index (κ2) is 4.03. The Kier molecular flexibility index (Phi) is 3.20. The van der Waals surface area contributed by atoms with E-state index in [0.29, 0.717) is 16.9 Å². The van der Waals surface area contributed by atoms with Gasteiger partial charge in [0.05, 0.1) is 6.10 Å². The molecule has 0 aromatic rings. The van der Waals surface area contributed by atoms with Crippen LogP contribution in [-0.2, 0) is 4.74 Å². The van der Waals surface area contributed by atoms with Gasteiger partial charge in [-0.05, 0) is 42.4 Å². The van der Waals surface area contributed by atoms with E-state index in [2.05, 4.69) is 36.7 Å². The molecule has 2 rings (SSSR count). The molecule has 3 unspecified atom stereocenters. The zero-order valence-corrected chi connectivity index (χ0v) is 11.8. The van der Waals surface area contributed by atoms with Crippen LogP contribution in [0.5, 0.6) is 0 Å². The lowest BCUT2D eigenvalue weighted by molar-refractivity contribution is -0.0458. The number of fused-ring (bicyclic) bond motifs is 2. The molecule has 0 heterocycles. The molecule has 1 nitrogen and oxygen atoms in total. The lowest BCUT2D eigenvalue weighted by Crippen LogP contribution is -2.37. The Bertz CT molecular complexity index is 239. The lowest BCUT2D eigenvalue weighted by atomic mass is 9.70. The summed E-state index contributed by atoms with van der Waals surface area (Å²) in [4.78, 5) is 0. The van der Waals surface area contributed by atoms with Gasteiger partial charge in [0.15, 0.2) is 0 Å². The molecule has 0 aromatic carbocycles. The summed E-state index contributed by atoms with van der Waals surface area (Å²) < 4.78 is 6.09. The van der Waals surface area contributed by atoms with Crippen molar-refractivity contribution in [1.29, 1.82) is 0 Å². The van der Waals surface area contributed by atoms with Gasteiger partial charge in [-0.2, -0.15) is 0 Å². The van der Waals surface area contributed by atoms with Crippen LogP contribution in [-0.4, -0.2) is 18.0 Å². The fourth-order valence-corrected chi connectivity index (χ4v) is 3.89. The number of rotatable bonds is 4. The van der Waals surface area contributed by atoms with Crippen LogP contribution in [0.1, 0.15) is 46.5 Å². The number of hydrogen-bond acceptors (Lipinski definition) is 1. The van der Waals surface area contributed by atoms with Crippen LogP contribution in [0.15, 0.2) is 0 Å². The third-order valence-corrected chi connectivity index (χ3v) is 5.87. The van der Waals surface area contributed by atoms with Crippen LogP contribution in [0.4, 0.5) is 0 Å². The van der Waals surface area contributed by atoms with Crippen LogP contribution in [0.25, 0.3) is 0 Å². The molecule has 88 valence electrons. The highest BCUT2D eigenvalue weighted by atomic mass is 79.9. The topological polar surface area (TPSA) is 9.23 Å². The van der Waals surface area contributed by atoms with Gasteiger partial charge in [0.2, 0.25) is 0 Å². The van der Waals surface area contributed by atoms with Crippen molar-refractivity contribution >= 4 is 15.9 Å². The standard InChI is InChI=1S/C13H23BrO/c1-12(2)10-5-6-13(12,3)11(9-10)15-8-4-7-14/h10-11H,4-9H2,1-3H3. The number of alkyl halides is 1. The first-order valence-electron chi connectivity index (χ1n) is 6.20. The first-order chi connectivity index (χ1) is 7.02. The van der Waals surface area contributed by atoms with Crippen LogP contribution in [0, 0.1) is 16.7 Å². The van der Waals surface area contributed by atoms with Crippen molar-refractivity contribution < 1.29 is 4.74 Å². The minimum absolute atomic E-state index is 0.435. The molecule has 15 heavy (non-hydrogen) atoms. The molecule has 0 N–H and O–H groups in total. The fraction of sp³-hybridized carbons (Fsp3) is 1.00. The molecule has 2 saturated carbocycles. The first-order valence-corrected chi connectivity index (χ1v) is 7.32. The van der Waals surface area contributed by atoms with Crippen molar-refractivity contribution in [3.05, 3.63) is 0 Å². The second-order valence-electron chi connectivity index (χ2n) is 6.01. The Labute approximate surface area is 102 Å². The molecule has 0 amide bonds. The first kappa shape index (κ1) is 11.9. The molecule has 0 aliphatic heterocycles. The van der Waals surface area contributed by atoms with Crippen molar-refractivity contribution in [2.45, 2.75) is 52.6 Å². The Balaban J connectivity index is 1.99. The fourth-order valence-electron chi connectivity index (χ4n) is 3.66. The largest absolute Gasteiger partial charge is 0.378 e. The van der Waals surface area contributed by atoms with Gasteiger partial charge in [-0.3, -0.25) is 0 Å². The predicted molar refractivity (Wildman–Crippen MR) is 67.4 cm³/mol. The summed E-state index contributed by atoms with van der Waals surface area (Å²) in [6.45, 7) is 8.25. The van der Waals surface area contributed by atoms with Gasteiger partial charge in [0.25, 0.3) is 0 Å². The Morgan fingerprint density at radius 3 is 2.53 bits per heavy atom. The van der Waals surface area contributed by atoms with Gasteiger partial charge in [-0.15, -0.1) is 0 Å². The molecule has 0 spiro atoms. The van der Waals surface area contributed by atoms with Gasteiger partial charge in [0.1, 0.15) is 0 Å². The third-order valence-electron chi connectivity index (χ3n) is 5.31. The maximum atomic E-state index is 6.09. The van der Waals surface area contributed by atoms with Gasteiger partial charge in [-0.25, -0.2) is 0 Å². The Morgan fingerprint density at radius 1 is 1.33 bits per heavy atom. The molecule has 3 atom stereocenters. The van der Waals surface area contributed by atoms with Crippen molar-refractivity contribution in [2.24, 2.45) is 16.7 Å². The average molecular weight is 275 g/mol. The Hall–Kier alpha value is 0.440. The zero-order valence-electron chi connectivity index (χ0n) is 10.2. The van der Waals surface area contributed by atoms with E-state index in [1.165, 1.54) is 19.3 Å². The Morgan fingerprint density at radius 2 is 2.07 bits per heavy atom. The summed E-state index contributed by atoms with van der Waals surface area (Å²) in [5.74, 6) is 0.900. The van der Waals surface area contributed by atoms with Crippen LogP contribution >= 0.6 is 15.9 Å². The normalized spacial score (nSPS) is 42.4. The highest BCUT2D eigenvalue weighted by Gasteiger charge is 2.61. The van der Waals surface area contributed by atoms with E-state index in [9.17, 15) is 0 Å². The SMILES string of the molecule is CC1(C)C2CCC1(C)C(OCCCBr)C2. The molecule has 2 aliphatic rings. The van der Waals surface area contributed by atoms with Crippen LogP contribution in [0.3, 0.4) is 0 Å². The van der Waals surface area contributed by atoms with Gasteiger partial charge < -0.3 is 4.74 Å². The van der Waals surface area contributed by atoms with E-state index in [4.69, 9.17) is 4.74 Å². The van der Waals surface area contributed by atoms with E-state index < -0.39 is 0 Å². The van der Waals surface area contributed by atoms with Gasteiger partial charge in [0, 0.05) is 11.9 Å². The molecule has 2 aliphatic carbocycles. The van der Waals surface area contributed by atoms with E-state index in [0.717, 1.165) is 24.3 Å². The average Bonchev–Trinajstić information content (AvgIpc) is 2.51. The number of hydrogen-bond donors (Lipinski definition) is 0. The summed E-state index contributed by atoms with van der Waals surface area (Å²) in [5.41, 5.74) is 0.927. The predicted octanol–water partition coefficient (Wildman–Crippen LogP) is 4.00. The van der Waals surface area contributed by atoms with Gasteiger partial charge >= 0.3 is 0 Å². The maximum Gasteiger partial charge on any atom is 0.0636 e. The maximum absolute atomic E-state index is 6.09.